The summed E-state index contributed by atoms with van der Waals surface area (Å²) in [4.78, 5) is 33.4. The molecule has 1 aromatic carbocycles. The molecular weight excluding hydrogens is 857 g/mol. The molecule has 2 atom stereocenters. The van der Waals surface area contributed by atoms with E-state index in [1.807, 2.05) is 6.07 Å². The van der Waals surface area contributed by atoms with E-state index in [0.29, 0.717) is 33.2 Å². The molecule has 17 nitrogen and oxygen atoms in total. The number of alkyl halides is 3. The van der Waals surface area contributed by atoms with Crippen LogP contribution in [0.25, 0.3) is 27.8 Å². The zero-order valence-electron chi connectivity index (χ0n) is 36.8. The van der Waals surface area contributed by atoms with Crippen molar-refractivity contribution in [1.29, 1.82) is 0 Å². The average Bonchev–Trinajstić information content (AvgIpc) is 3.55. The summed E-state index contributed by atoms with van der Waals surface area (Å²) in [5, 5.41) is 8.96. The Balaban J connectivity index is 1.44. The van der Waals surface area contributed by atoms with Crippen LogP contribution in [0.15, 0.2) is 58.5 Å². The van der Waals surface area contributed by atoms with E-state index in [1.54, 1.807) is 112 Å². The average molecular weight is 912 g/mol. The molecule has 1 aliphatic rings. The Labute approximate surface area is 356 Å². The molecule has 0 N–H and O–H groups in total. The molecule has 0 bridgehead atoms. The van der Waals surface area contributed by atoms with Gasteiger partial charge in [0.15, 0.2) is 5.65 Å². The van der Waals surface area contributed by atoms with Gasteiger partial charge in [-0.3, -0.25) is 41.2 Å². The first-order valence-corrected chi connectivity index (χ1v) is 22.8. The Bertz CT molecular complexity index is 2640. The third-order valence-corrected chi connectivity index (χ3v) is 12.7. The molecule has 5 aromatic rings. The minimum Gasteiger partial charge on any atom is -0.281 e. The van der Waals surface area contributed by atoms with E-state index < -0.39 is 75.5 Å². The lowest BCUT2D eigenvalue weighted by molar-refractivity contribution is -0.141. The molecule has 1 saturated carbocycles. The molecule has 22 heteroatoms. The summed E-state index contributed by atoms with van der Waals surface area (Å²) < 4.78 is 107. The van der Waals surface area contributed by atoms with Gasteiger partial charge < -0.3 is 0 Å². The van der Waals surface area contributed by atoms with Gasteiger partial charge in [-0.15, -0.1) is 0 Å². The Morgan fingerprint density at radius 2 is 1.31 bits per heavy atom. The summed E-state index contributed by atoms with van der Waals surface area (Å²) >= 11 is 0. The van der Waals surface area contributed by atoms with Crippen LogP contribution in [0.1, 0.15) is 113 Å². The highest BCUT2D eigenvalue weighted by atomic mass is 31.2. The molecule has 0 saturated heterocycles. The van der Waals surface area contributed by atoms with Crippen LogP contribution in [0.5, 0.6) is 0 Å². The first-order valence-electron chi connectivity index (χ1n) is 19.8. The lowest BCUT2D eigenvalue weighted by Gasteiger charge is -2.31. The Morgan fingerprint density at radius 1 is 0.742 bits per heavy atom. The van der Waals surface area contributed by atoms with Crippen molar-refractivity contribution in [3.63, 3.8) is 0 Å². The van der Waals surface area contributed by atoms with Gasteiger partial charge in [0.2, 0.25) is 0 Å². The van der Waals surface area contributed by atoms with Gasteiger partial charge in [-0.2, -0.15) is 23.4 Å². The van der Waals surface area contributed by atoms with Crippen molar-refractivity contribution in [3.8, 4) is 11.3 Å². The van der Waals surface area contributed by atoms with Gasteiger partial charge in [0.05, 0.1) is 57.3 Å². The Morgan fingerprint density at radius 3 is 1.85 bits per heavy atom. The lowest BCUT2D eigenvalue weighted by Crippen LogP contribution is -2.41. The van der Waals surface area contributed by atoms with E-state index in [2.05, 4.69) is 10.2 Å². The number of phosphoric ester groups is 2. The minimum absolute atomic E-state index is 0.102. The number of rotatable bonds is 14. The first kappa shape index (κ1) is 47.5. The zero-order chi connectivity index (χ0) is 46.0. The SMILES string of the molecule is CC(C)(C)OP(=O)(OCn1cc(-c2cc(C3C[C@H]3c3ccc4cnn(CC(F)(F)F)c4c3)n3nccc3n2)c(=O)n(COP(=O)(OC(C)(C)C)OC(C)(C)C)c1=O)OC(C)(C)C. The molecule has 0 radical (unpaired) electrons. The van der Waals surface area contributed by atoms with Gasteiger partial charge in [-0.1, -0.05) is 12.1 Å². The standard InChI is InChI=1S/C40H54F3N7O10P2/c1-36(2,3)57-61(53,58-37(4,5)6)55-23-47-21-29(34(51)48(35(47)52)24-56-62(54,59-38(7,8)9)60-39(10,11)12)30-19-32(50-33(46-30)15-16-44-50)28-18-27(28)25-13-14-26-20-45-49(31(26)17-25)22-40(41,42)43/h13-17,19-21,27-28H,18,22-24H2,1-12H3/t27-,28?/m0/s1. The maximum absolute atomic E-state index is 14.5. The van der Waals surface area contributed by atoms with E-state index in [0.717, 1.165) is 14.8 Å². The third kappa shape index (κ3) is 12.0. The van der Waals surface area contributed by atoms with Crippen molar-refractivity contribution >= 4 is 32.2 Å². The quantitative estimate of drug-likeness (QED) is 0.0962. The number of hydrogen-bond acceptors (Lipinski definition) is 13. The minimum atomic E-state index is -4.47. The summed E-state index contributed by atoms with van der Waals surface area (Å²) in [6.45, 7) is 16.8. The number of fused-ring (bicyclic) bond motifs is 2. The molecular formula is C40H54F3N7O10P2. The smallest absolute Gasteiger partial charge is 0.281 e. The topological polar surface area (TPSA) is 182 Å². The summed E-state index contributed by atoms with van der Waals surface area (Å²) in [5.41, 5.74) is -3.95. The van der Waals surface area contributed by atoms with Crippen LogP contribution in [-0.4, -0.2) is 62.1 Å². The molecule has 6 rings (SSSR count). The molecule has 0 spiro atoms. The van der Waals surface area contributed by atoms with E-state index >= 15 is 0 Å². The van der Waals surface area contributed by atoms with Crippen LogP contribution in [0.4, 0.5) is 13.2 Å². The van der Waals surface area contributed by atoms with Crippen molar-refractivity contribution in [1.82, 2.24) is 33.5 Å². The van der Waals surface area contributed by atoms with Gasteiger partial charge >= 0.3 is 27.5 Å². The maximum Gasteiger partial charge on any atom is 0.477 e. The van der Waals surface area contributed by atoms with Crippen LogP contribution < -0.4 is 11.2 Å². The van der Waals surface area contributed by atoms with Crippen LogP contribution in [0, 0.1) is 0 Å². The first-order chi connectivity index (χ1) is 28.3. The number of phosphoric acid groups is 2. The van der Waals surface area contributed by atoms with Crippen molar-refractivity contribution in [2.45, 2.75) is 150 Å². The second-order valence-corrected chi connectivity index (χ2v) is 22.1. The number of halogens is 3. The van der Waals surface area contributed by atoms with E-state index in [4.69, 9.17) is 32.1 Å². The number of nitrogens with zero attached hydrogens (tertiary/aromatic N) is 7. The van der Waals surface area contributed by atoms with E-state index in [9.17, 15) is 31.9 Å². The fraction of sp³-hybridized carbons (Fsp3) is 0.575. The molecule has 1 unspecified atom stereocenters. The molecule has 0 aliphatic heterocycles. The van der Waals surface area contributed by atoms with Crippen LogP contribution in [0.3, 0.4) is 0 Å². The van der Waals surface area contributed by atoms with Crippen LogP contribution in [-0.2, 0) is 56.3 Å². The number of benzene rings is 1. The van der Waals surface area contributed by atoms with Crippen LogP contribution in [0.2, 0.25) is 0 Å². The van der Waals surface area contributed by atoms with E-state index in [1.165, 1.54) is 18.6 Å². The lowest BCUT2D eigenvalue weighted by atomic mass is 10.1. The number of hydrogen-bond donors (Lipinski definition) is 0. The van der Waals surface area contributed by atoms with Crippen molar-refractivity contribution < 1.29 is 49.4 Å². The highest BCUT2D eigenvalue weighted by Gasteiger charge is 2.43. The van der Waals surface area contributed by atoms with Crippen molar-refractivity contribution in [3.05, 3.63) is 81.0 Å². The molecule has 1 aliphatic carbocycles. The monoisotopic (exact) mass is 911 g/mol. The Kier molecular flexibility index (Phi) is 12.7. The fourth-order valence-corrected chi connectivity index (χ4v) is 10.1. The van der Waals surface area contributed by atoms with E-state index in [-0.39, 0.29) is 23.1 Å². The molecule has 0 amide bonds. The second kappa shape index (κ2) is 16.5. The third-order valence-electron chi connectivity index (χ3n) is 8.74. The van der Waals surface area contributed by atoms with Gasteiger partial charge in [0.1, 0.15) is 20.0 Å². The summed E-state index contributed by atoms with van der Waals surface area (Å²) in [6.07, 6.45) is 0.239. The highest BCUT2D eigenvalue weighted by Crippen LogP contribution is 2.57. The van der Waals surface area contributed by atoms with Crippen molar-refractivity contribution in [2.75, 3.05) is 0 Å². The predicted octanol–water partition coefficient (Wildman–Crippen LogP) is 9.33. The molecule has 4 heterocycles. The van der Waals surface area contributed by atoms with Crippen molar-refractivity contribution in [2.24, 2.45) is 0 Å². The summed E-state index contributed by atoms with van der Waals surface area (Å²) in [6, 6.07) is 8.54. The van der Waals surface area contributed by atoms with Crippen LogP contribution >= 0.6 is 15.6 Å². The van der Waals surface area contributed by atoms with Gasteiger partial charge in [-0.05, 0) is 113 Å². The van der Waals surface area contributed by atoms with Gasteiger partial charge in [-0.25, -0.2) is 28.0 Å². The predicted molar refractivity (Wildman–Crippen MR) is 224 cm³/mol. The molecule has 1 fully saturated rings. The maximum atomic E-state index is 14.5. The fourth-order valence-electron chi connectivity index (χ4n) is 6.62. The zero-order valence-corrected chi connectivity index (χ0v) is 38.6. The molecule has 340 valence electrons. The normalized spacial score (nSPS) is 17.1. The summed E-state index contributed by atoms with van der Waals surface area (Å²) in [5.74, 6) is -0.344. The molecule has 62 heavy (non-hydrogen) atoms. The molecule has 4 aromatic heterocycles. The largest absolute Gasteiger partial charge is 0.477 e. The Hall–Kier alpha value is -4.00. The number of aromatic nitrogens is 7. The van der Waals surface area contributed by atoms with Gasteiger partial charge in [0, 0.05) is 23.6 Å². The van der Waals surface area contributed by atoms with Gasteiger partial charge in [0.25, 0.3) is 5.56 Å². The highest BCUT2D eigenvalue weighted by molar-refractivity contribution is 7.48. The second-order valence-electron chi connectivity index (χ2n) is 19.1. The summed E-state index contributed by atoms with van der Waals surface area (Å²) in [7, 11) is -8.87.